The van der Waals surface area contributed by atoms with Crippen LogP contribution in [0.1, 0.15) is 48.7 Å². The van der Waals surface area contributed by atoms with Gasteiger partial charge in [0.05, 0.1) is 18.9 Å². The van der Waals surface area contributed by atoms with Gasteiger partial charge in [0, 0.05) is 17.9 Å². The Balaban J connectivity index is 1.72. The van der Waals surface area contributed by atoms with Gasteiger partial charge in [-0.2, -0.15) is 0 Å². The van der Waals surface area contributed by atoms with Crippen LogP contribution in [0.4, 0.5) is 0 Å². The maximum absolute atomic E-state index is 13.0. The number of likely N-dealkylation sites (tertiary alicyclic amines) is 1. The molecule has 3 rings (SSSR count). The maximum atomic E-state index is 13.0. The number of aromatic nitrogens is 2. The molecule has 0 aliphatic carbocycles. The summed E-state index contributed by atoms with van der Waals surface area (Å²) in [7, 11) is 1.67. The van der Waals surface area contributed by atoms with Crippen LogP contribution in [0.3, 0.4) is 0 Å². The molecule has 2 heterocycles. The molecule has 0 radical (unpaired) electrons. The SMILES string of the molecule is COc1ccc(C2CCCCCN2C(=O)CSc2nc(C)cc(C)n2)cc1. The Morgan fingerprint density at radius 2 is 1.85 bits per heavy atom. The third kappa shape index (κ3) is 5.22. The highest BCUT2D eigenvalue weighted by Gasteiger charge is 2.27. The van der Waals surface area contributed by atoms with E-state index in [1.165, 1.54) is 23.7 Å². The second-order valence-electron chi connectivity index (χ2n) is 6.95. The van der Waals surface area contributed by atoms with Gasteiger partial charge in [0.2, 0.25) is 5.91 Å². The quantitative estimate of drug-likeness (QED) is 0.566. The monoisotopic (exact) mass is 385 g/mol. The van der Waals surface area contributed by atoms with E-state index < -0.39 is 0 Å². The summed E-state index contributed by atoms with van der Waals surface area (Å²) in [6, 6.07) is 10.2. The van der Waals surface area contributed by atoms with E-state index >= 15 is 0 Å². The number of benzene rings is 1. The van der Waals surface area contributed by atoms with Crippen LogP contribution in [0.25, 0.3) is 0 Å². The van der Waals surface area contributed by atoms with Crippen molar-refractivity contribution in [1.29, 1.82) is 0 Å². The molecule has 6 heteroatoms. The first-order valence-electron chi connectivity index (χ1n) is 9.45. The number of amides is 1. The number of rotatable bonds is 5. The average Bonchev–Trinajstić information content (AvgIpc) is 2.91. The molecule has 1 atom stereocenters. The first-order chi connectivity index (χ1) is 13.1. The summed E-state index contributed by atoms with van der Waals surface area (Å²) in [6.45, 7) is 4.72. The zero-order valence-corrected chi connectivity index (χ0v) is 17.1. The number of hydrogen-bond acceptors (Lipinski definition) is 5. The maximum Gasteiger partial charge on any atom is 0.233 e. The number of thioether (sulfide) groups is 1. The molecule has 1 aromatic heterocycles. The predicted molar refractivity (Wildman–Crippen MR) is 108 cm³/mol. The summed E-state index contributed by atoms with van der Waals surface area (Å²) in [5.41, 5.74) is 3.05. The summed E-state index contributed by atoms with van der Waals surface area (Å²) < 4.78 is 5.26. The van der Waals surface area contributed by atoms with Crippen LogP contribution in [-0.2, 0) is 4.79 Å². The van der Waals surface area contributed by atoms with Crippen LogP contribution in [0, 0.1) is 13.8 Å². The highest BCUT2D eigenvalue weighted by molar-refractivity contribution is 7.99. The van der Waals surface area contributed by atoms with Crippen LogP contribution >= 0.6 is 11.8 Å². The van der Waals surface area contributed by atoms with Gasteiger partial charge in [0.15, 0.2) is 5.16 Å². The van der Waals surface area contributed by atoms with Crippen LogP contribution in [-0.4, -0.2) is 40.2 Å². The lowest BCUT2D eigenvalue weighted by atomic mass is 10.0. The molecule has 1 fully saturated rings. The molecule has 0 spiro atoms. The van der Waals surface area contributed by atoms with Gasteiger partial charge in [-0.3, -0.25) is 4.79 Å². The van der Waals surface area contributed by atoms with Gasteiger partial charge in [-0.15, -0.1) is 0 Å². The van der Waals surface area contributed by atoms with E-state index in [1.54, 1.807) is 7.11 Å². The van der Waals surface area contributed by atoms with Gasteiger partial charge >= 0.3 is 0 Å². The zero-order chi connectivity index (χ0) is 19.2. The lowest BCUT2D eigenvalue weighted by Crippen LogP contribution is -2.36. The Bertz CT molecular complexity index is 759. The molecular formula is C21H27N3O2S. The number of carbonyl (C=O) groups is 1. The zero-order valence-electron chi connectivity index (χ0n) is 16.3. The average molecular weight is 386 g/mol. The molecule has 0 saturated carbocycles. The fourth-order valence-corrected chi connectivity index (χ4v) is 4.38. The first-order valence-corrected chi connectivity index (χ1v) is 10.4. The van der Waals surface area contributed by atoms with Crippen LogP contribution in [0.15, 0.2) is 35.5 Å². The minimum Gasteiger partial charge on any atom is -0.497 e. The van der Waals surface area contributed by atoms with Crippen molar-refractivity contribution in [3.05, 3.63) is 47.3 Å². The number of ether oxygens (including phenoxy) is 1. The third-order valence-electron chi connectivity index (χ3n) is 4.86. The molecule has 144 valence electrons. The summed E-state index contributed by atoms with van der Waals surface area (Å²) in [6.07, 6.45) is 4.38. The van der Waals surface area contributed by atoms with Gasteiger partial charge in [-0.25, -0.2) is 9.97 Å². The molecule has 27 heavy (non-hydrogen) atoms. The number of methoxy groups -OCH3 is 1. The van der Waals surface area contributed by atoms with Crippen molar-refractivity contribution in [2.75, 3.05) is 19.4 Å². The fourth-order valence-electron chi connectivity index (χ4n) is 3.55. The van der Waals surface area contributed by atoms with Crippen LogP contribution < -0.4 is 4.74 Å². The predicted octanol–water partition coefficient (Wildman–Crippen LogP) is 4.34. The number of carbonyl (C=O) groups excluding carboxylic acids is 1. The summed E-state index contributed by atoms with van der Waals surface area (Å²) in [5.74, 6) is 1.37. The third-order valence-corrected chi connectivity index (χ3v) is 5.69. The van der Waals surface area contributed by atoms with Crippen molar-refractivity contribution in [3.63, 3.8) is 0 Å². The minimum atomic E-state index is 0.131. The number of aryl methyl sites for hydroxylation is 2. The number of nitrogens with zero attached hydrogens (tertiary/aromatic N) is 3. The van der Waals surface area contributed by atoms with Gasteiger partial charge in [0.1, 0.15) is 5.75 Å². The standard InChI is InChI=1S/C21H27N3O2S/c1-15-13-16(2)23-21(22-15)27-14-20(25)24-12-6-4-5-7-19(24)17-8-10-18(26-3)11-9-17/h8-11,13,19H,4-7,12,14H2,1-3H3. The Morgan fingerprint density at radius 1 is 1.15 bits per heavy atom. The minimum absolute atomic E-state index is 0.131. The van der Waals surface area contributed by atoms with E-state index in [0.29, 0.717) is 10.9 Å². The second-order valence-corrected chi connectivity index (χ2v) is 7.89. The summed E-state index contributed by atoms with van der Waals surface area (Å²) in [5, 5.41) is 0.677. The van der Waals surface area contributed by atoms with Crippen molar-refractivity contribution in [2.24, 2.45) is 0 Å². The van der Waals surface area contributed by atoms with Gasteiger partial charge < -0.3 is 9.64 Å². The van der Waals surface area contributed by atoms with E-state index in [9.17, 15) is 4.79 Å². The smallest absolute Gasteiger partial charge is 0.233 e. The Labute approximate surface area is 165 Å². The Kier molecular flexibility index (Phi) is 6.72. The lowest BCUT2D eigenvalue weighted by molar-refractivity contribution is -0.130. The van der Waals surface area contributed by atoms with E-state index in [4.69, 9.17) is 4.74 Å². The van der Waals surface area contributed by atoms with Gasteiger partial charge in [-0.05, 0) is 50.5 Å². The normalized spacial score (nSPS) is 17.4. The molecular weight excluding hydrogens is 358 g/mol. The molecule has 1 aromatic carbocycles. The van der Waals surface area contributed by atoms with Crippen molar-refractivity contribution in [3.8, 4) is 5.75 Å². The molecule has 0 N–H and O–H groups in total. The van der Waals surface area contributed by atoms with Crippen molar-refractivity contribution in [1.82, 2.24) is 14.9 Å². The summed E-state index contributed by atoms with van der Waals surface area (Å²) >= 11 is 1.43. The van der Waals surface area contributed by atoms with E-state index in [-0.39, 0.29) is 11.9 Å². The second kappa shape index (κ2) is 9.22. The topological polar surface area (TPSA) is 55.3 Å². The molecule has 5 nitrogen and oxygen atoms in total. The molecule has 0 bridgehead atoms. The fraction of sp³-hybridized carbons (Fsp3) is 0.476. The van der Waals surface area contributed by atoms with Crippen LogP contribution in [0.5, 0.6) is 5.75 Å². The van der Waals surface area contributed by atoms with E-state index in [1.807, 2.05) is 36.9 Å². The highest BCUT2D eigenvalue weighted by Crippen LogP contribution is 2.32. The Hall–Kier alpha value is -2.08. The largest absolute Gasteiger partial charge is 0.497 e. The number of hydrogen-bond donors (Lipinski definition) is 0. The van der Waals surface area contributed by atoms with Gasteiger partial charge in [-0.1, -0.05) is 36.7 Å². The van der Waals surface area contributed by atoms with Gasteiger partial charge in [0.25, 0.3) is 0 Å². The molecule has 1 amide bonds. The summed E-state index contributed by atoms with van der Waals surface area (Å²) in [4.78, 5) is 23.9. The molecule has 1 aliphatic heterocycles. The first kappa shape index (κ1) is 19.7. The molecule has 1 aliphatic rings. The molecule has 1 saturated heterocycles. The molecule has 1 unspecified atom stereocenters. The highest BCUT2D eigenvalue weighted by atomic mass is 32.2. The van der Waals surface area contributed by atoms with Crippen molar-refractivity contribution in [2.45, 2.75) is 50.7 Å². The van der Waals surface area contributed by atoms with E-state index in [0.717, 1.165) is 42.9 Å². The van der Waals surface area contributed by atoms with Crippen molar-refractivity contribution >= 4 is 17.7 Å². The van der Waals surface area contributed by atoms with E-state index in [2.05, 4.69) is 22.1 Å². The van der Waals surface area contributed by atoms with Crippen LogP contribution in [0.2, 0.25) is 0 Å². The Morgan fingerprint density at radius 3 is 2.52 bits per heavy atom. The lowest BCUT2D eigenvalue weighted by Gasteiger charge is -2.30. The van der Waals surface area contributed by atoms with Crippen molar-refractivity contribution < 1.29 is 9.53 Å². The molecule has 2 aromatic rings.